The summed E-state index contributed by atoms with van der Waals surface area (Å²) in [7, 11) is 0. The largest absolute Gasteiger partial charge is 0.489 e. The van der Waals surface area contributed by atoms with Crippen molar-refractivity contribution in [2.45, 2.75) is 13.5 Å². The number of nitrogens with one attached hydrogen (secondary N) is 1. The number of aromatic nitrogens is 3. The van der Waals surface area contributed by atoms with Crippen LogP contribution in [-0.2, 0) is 6.61 Å². The Morgan fingerprint density at radius 3 is 2.78 bits per heavy atom. The summed E-state index contributed by atoms with van der Waals surface area (Å²) in [5.41, 5.74) is 3.15. The van der Waals surface area contributed by atoms with Gasteiger partial charge in [0.25, 0.3) is 0 Å². The van der Waals surface area contributed by atoms with Gasteiger partial charge < -0.3 is 10.1 Å². The Morgan fingerprint density at radius 1 is 1.00 bits per heavy atom. The normalized spacial score (nSPS) is 10.7. The molecule has 0 aliphatic rings. The Kier molecular flexibility index (Phi) is 4.61. The van der Waals surface area contributed by atoms with Crippen molar-refractivity contribution >= 4 is 22.5 Å². The molecule has 0 spiro atoms. The molecule has 0 saturated heterocycles. The van der Waals surface area contributed by atoms with Crippen LogP contribution in [0.15, 0.2) is 67.0 Å². The molecular weight excluding hydrogens is 343 g/mol. The number of ether oxygens (including phenoxy) is 1. The van der Waals surface area contributed by atoms with Crippen molar-refractivity contribution in [3.63, 3.8) is 0 Å². The van der Waals surface area contributed by atoms with Crippen LogP contribution < -0.4 is 10.1 Å². The van der Waals surface area contributed by atoms with Crippen LogP contribution in [0, 0.1) is 12.7 Å². The van der Waals surface area contributed by atoms with Crippen LogP contribution in [0.1, 0.15) is 11.3 Å². The summed E-state index contributed by atoms with van der Waals surface area (Å²) < 4.78 is 19.0. The molecule has 0 saturated carbocycles. The molecule has 2 aromatic heterocycles. The molecule has 0 unspecified atom stereocenters. The summed E-state index contributed by atoms with van der Waals surface area (Å²) in [6.07, 6.45) is 1.49. The Balaban J connectivity index is 1.53. The third kappa shape index (κ3) is 4.00. The summed E-state index contributed by atoms with van der Waals surface area (Å²) in [4.78, 5) is 13.0. The van der Waals surface area contributed by atoms with Gasteiger partial charge in [-0.15, -0.1) is 0 Å². The zero-order chi connectivity index (χ0) is 18.6. The third-order valence-corrected chi connectivity index (χ3v) is 4.03. The molecule has 1 N–H and O–H groups in total. The Hall–Kier alpha value is -3.54. The number of rotatable bonds is 5. The minimum atomic E-state index is -0.272. The van der Waals surface area contributed by atoms with E-state index in [1.165, 1.54) is 18.5 Å². The van der Waals surface area contributed by atoms with Crippen molar-refractivity contribution in [1.82, 2.24) is 15.0 Å². The average Bonchev–Trinajstić information content (AvgIpc) is 2.67. The molecule has 6 heteroatoms. The monoisotopic (exact) mass is 360 g/mol. The van der Waals surface area contributed by atoms with E-state index in [-0.39, 0.29) is 5.82 Å². The van der Waals surface area contributed by atoms with Gasteiger partial charge in [0.15, 0.2) is 5.65 Å². The van der Waals surface area contributed by atoms with E-state index >= 15 is 0 Å². The smallest absolute Gasteiger partial charge is 0.164 e. The summed E-state index contributed by atoms with van der Waals surface area (Å²) in [6, 6.07) is 17.8. The van der Waals surface area contributed by atoms with Crippen LogP contribution in [0.3, 0.4) is 0 Å². The maximum Gasteiger partial charge on any atom is 0.164 e. The first-order valence-corrected chi connectivity index (χ1v) is 8.50. The van der Waals surface area contributed by atoms with Gasteiger partial charge >= 0.3 is 0 Å². The minimum absolute atomic E-state index is 0.272. The number of pyridine rings is 1. The number of halogens is 1. The van der Waals surface area contributed by atoms with E-state index in [0.717, 1.165) is 22.3 Å². The van der Waals surface area contributed by atoms with Crippen LogP contribution in [0.5, 0.6) is 5.75 Å². The van der Waals surface area contributed by atoms with Gasteiger partial charge in [0.1, 0.15) is 30.3 Å². The summed E-state index contributed by atoms with van der Waals surface area (Å²) >= 11 is 0. The van der Waals surface area contributed by atoms with Crippen LogP contribution in [0.25, 0.3) is 11.0 Å². The van der Waals surface area contributed by atoms with E-state index in [0.29, 0.717) is 23.8 Å². The topological polar surface area (TPSA) is 59.9 Å². The fourth-order valence-electron chi connectivity index (χ4n) is 2.73. The average molecular weight is 360 g/mol. The second-order valence-corrected chi connectivity index (χ2v) is 6.12. The Bertz CT molecular complexity index is 1100. The highest BCUT2D eigenvalue weighted by Crippen LogP contribution is 2.25. The maximum absolute atomic E-state index is 13.3. The predicted molar refractivity (Wildman–Crippen MR) is 103 cm³/mol. The van der Waals surface area contributed by atoms with Gasteiger partial charge in [-0.05, 0) is 48.9 Å². The lowest BCUT2D eigenvalue weighted by Gasteiger charge is -2.11. The third-order valence-electron chi connectivity index (χ3n) is 4.03. The lowest BCUT2D eigenvalue weighted by molar-refractivity contribution is 0.306. The lowest BCUT2D eigenvalue weighted by atomic mass is 10.2. The van der Waals surface area contributed by atoms with E-state index in [2.05, 4.69) is 20.3 Å². The molecule has 0 atom stereocenters. The lowest BCUT2D eigenvalue weighted by Crippen LogP contribution is -1.99. The minimum Gasteiger partial charge on any atom is -0.489 e. The highest BCUT2D eigenvalue weighted by molar-refractivity contribution is 5.88. The van der Waals surface area contributed by atoms with Crippen LogP contribution >= 0.6 is 0 Å². The molecule has 4 rings (SSSR count). The van der Waals surface area contributed by atoms with Gasteiger partial charge in [-0.1, -0.05) is 18.2 Å². The number of fused-ring (bicyclic) bond motifs is 1. The molecule has 0 fully saturated rings. The molecule has 5 nitrogen and oxygen atoms in total. The predicted octanol–water partition coefficient (Wildman–Crippen LogP) is 4.79. The molecule has 0 bridgehead atoms. The van der Waals surface area contributed by atoms with Gasteiger partial charge in [-0.3, -0.25) is 0 Å². The molecule has 2 heterocycles. The molecule has 0 aliphatic heterocycles. The van der Waals surface area contributed by atoms with Gasteiger partial charge in [0.2, 0.25) is 0 Å². The highest BCUT2D eigenvalue weighted by atomic mass is 19.1. The second kappa shape index (κ2) is 7.37. The molecule has 2 aromatic carbocycles. The van der Waals surface area contributed by atoms with Gasteiger partial charge in [0, 0.05) is 17.4 Å². The van der Waals surface area contributed by atoms with Crippen LogP contribution in [0.2, 0.25) is 0 Å². The molecule has 0 radical (unpaired) electrons. The first kappa shape index (κ1) is 16.9. The standard InChI is InChI=1S/C21H17FN4O/c1-14-8-9-19-20(25-14)23-13-24-21(19)26-17-6-3-7-18(11-17)27-12-15-4-2-5-16(22)10-15/h2-11,13H,12H2,1H3,(H,23,24,25,26). The van der Waals surface area contributed by atoms with Crippen molar-refractivity contribution < 1.29 is 9.13 Å². The van der Waals surface area contributed by atoms with Gasteiger partial charge in [0.05, 0.1) is 5.39 Å². The number of anilines is 2. The fourth-order valence-corrected chi connectivity index (χ4v) is 2.73. The first-order valence-electron chi connectivity index (χ1n) is 8.50. The van der Waals surface area contributed by atoms with E-state index in [4.69, 9.17) is 4.74 Å². The first-order chi connectivity index (χ1) is 13.2. The summed E-state index contributed by atoms with van der Waals surface area (Å²) in [6.45, 7) is 2.22. The molecule has 27 heavy (non-hydrogen) atoms. The SMILES string of the molecule is Cc1ccc2c(Nc3cccc(OCc4cccc(F)c4)c3)ncnc2n1. The number of aryl methyl sites for hydroxylation is 1. The Morgan fingerprint density at radius 2 is 1.89 bits per heavy atom. The molecule has 134 valence electrons. The molecule has 0 amide bonds. The van der Waals surface area contributed by atoms with Crippen molar-refractivity contribution in [2.75, 3.05) is 5.32 Å². The van der Waals surface area contributed by atoms with Gasteiger partial charge in [-0.25, -0.2) is 19.3 Å². The van der Waals surface area contributed by atoms with Crippen LogP contribution in [0.4, 0.5) is 15.9 Å². The molecule has 0 aliphatic carbocycles. The van der Waals surface area contributed by atoms with E-state index in [1.807, 2.05) is 49.4 Å². The maximum atomic E-state index is 13.3. The van der Waals surface area contributed by atoms with E-state index in [9.17, 15) is 4.39 Å². The number of benzene rings is 2. The number of hydrogen-bond acceptors (Lipinski definition) is 5. The van der Waals surface area contributed by atoms with E-state index in [1.54, 1.807) is 6.07 Å². The number of hydrogen-bond donors (Lipinski definition) is 1. The Labute approximate surface area is 155 Å². The van der Waals surface area contributed by atoms with Crippen molar-refractivity contribution in [2.24, 2.45) is 0 Å². The molecule has 4 aromatic rings. The zero-order valence-corrected chi connectivity index (χ0v) is 14.7. The summed E-state index contributed by atoms with van der Waals surface area (Å²) in [5, 5.41) is 4.12. The quantitative estimate of drug-likeness (QED) is 0.554. The van der Waals surface area contributed by atoms with Crippen molar-refractivity contribution in [3.8, 4) is 5.75 Å². The zero-order valence-electron chi connectivity index (χ0n) is 14.7. The number of nitrogens with zero attached hydrogens (tertiary/aromatic N) is 3. The second-order valence-electron chi connectivity index (χ2n) is 6.12. The highest BCUT2D eigenvalue weighted by Gasteiger charge is 2.06. The van der Waals surface area contributed by atoms with Crippen molar-refractivity contribution in [3.05, 3.63) is 84.1 Å². The van der Waals surface area contributed by atoms with Crippen molar-refractivity contribution in [1.29, 1.82) is 0 Å². The fraction of sp³-hybridized carbons (Fsp3) is 0.0952. The van der Waals surface area contributed by atoms with E-state index < -0.39 is 0 Å². The summed E-state index contributed by atoms with van der Waals surface area (Å²) in [5.74, 6) is 1.08. The van der Waals surface area contributed by atoms with Gasteiger partial charge in [-0.2, -0.15) is 0 Å². The molecular formula is C21H17FN4O. The van der Waals surface area contributed by atoms with Crippen LogP contribution in [-0.4, -0.2) is 15.0 Å².